The Bertz CT molecular complexity index is 612. The molecule has 0 saturated carbocycles. The lowest BCUT2D eigenvalue weighted by molar-refractivity contribution is 0.0579. The molecule has 21 heavy (non-hydrogen) atoms. The van der Waals surface area contributed by atoms with E-state index in [1.165, 1.54) is 4.90 Å². The van der Waals surface area contributed by atoms with Crippen molar-refractivity contribution in [1.29, 1.82) is 0 Å². The van der Waals surface area contributed by atoms with Gasteiger partial charge in [0.2, 0.25) is 0 Å². The molecule has 1 aromatic carbocycles. The lowest BCUT2D eigenvalue weighted by Gasteiger charge is -2.40. The van der Waals surface area contributed by atoms with E-state index < -0.39 is 0 Å². The van der Waals surface area contributed by atoms with Crippen molar-refractivity contribution in [3.8, 4) is 0 Å². The molecule has 0 radical (unpaired) electrons. The summed E-state index contributed by atoms with van der Waals surface area (Å²) in [6, 6.07) is 5.40. The highest BCUT2D eigenvalue weighted by molar-refractivity contribution is 9.10. The van der Waals surface area contributed by atoms with Crippen molar-refractivity contribution >= 4 is 27.7 Å². The standard InChI is InChI=1S/C16H19BrN2O2/c1-16(2)6-3-7-18-13(16)9-19-14(20)11-5-4-10(17)8-12(11)15(19)21/h4-5,8,13,18H,3,6-7,9H2,1-2H3. The van der Waals surface area contributed by atoms with Gasteiger partial charge >= 0.3 is 0 Å². The predicted molar refractivity (Wildman–Crippen MR) is 84.3 cm³/mol. The number of benzene rings is 1. The normalized spacial score (nSPS) is 24.3. The van der Waals surface area contributed by atoms with Crippen LogP contribution in [0.3, 0.4) is 0 Å². The summed E-state index contributed by atoms with van der Waals surface area (Å²) in [5.41, 5.74) is 1.11. The van der Waals surface area contributed by atoms with Gasteiger partial charge in [0, 0.05) is 17.1 Å². The Hall–Kier alpha value is -1.20. The molecule has 0 bridgehead atoms. The van der Waals surface area contributed by atoms with Gasteiger partial charge in [0.05, 0.1) is 11.1 Å². The summed E-state index contributed by atoms with van der Waals surface area (Å²) in [7, 11) is 0. The maximum absolute atomic E-state index is 12.5. The van der Waals surface area contributed by atoms with E-state index in [2.05, 4.69) is 35.1 Å². The van der Waals surface area contributed by atoms with Crippen LogP contribution in [0.4, 0.5) is 0 Å². The molecule has 0 aromatic heterocycles. The number of fused-ring (bicyclic) bond motifs is 1. The van der Waals surface area contributed by atoms with E-state index >= 15 is 0 Å². The third-order valence-electron chi connectivity index (χ3n) is 4.63. The second-order valence-corrected chi connectivity index (χ2v) is 7.43. The molecule has 2 amide bonds. The molecule has 4 nitrogen and oxygen atoms in total. The van der Waals surface area contributed by atoms with Crippen LogP contribution in [0.2, 0.25) is 0 Å². The molecule has 3 rings (SSSR count). The van der Waals surface area contributed by atoms with Gasteiger partial charge in [-0.15, -0.1) is 0 Å². The SMILES string of the molecule is CC1(C)CCCNC1CN1C(=O)c2ccc(Br)cc2C1=O. The van der Waals surface area contributed by atoms with Crippen molar-refractivity contribution < 1.29 is 9.59 Å². The van der Waals surface area contributed by atoms with Crippen LogP contribution in [-0.2, 0) is 0 Å². The minimum atomic E-state index is -0.181. The Morgan fingerprint density at radius 3 is 2.71 bits per heavy atom. The monoisotopic (exact) mass is 350 g/mol. The minimum Gasteiger partial charge on any atom is -0.312 e. The van der Waals surface area contributed by atoms with Crippen molar-refractivity contribution in [2.75, 3.05) is 13.1 Å². The summed E-state index contributed by atoms with van der Waals surface area (Å²) in [6.45, 7) is 5.77. The van der Waals surface area contributed by atoms with Gasteiger partial charge < -0.3 is 5.32 Å². The second-order valence-electron chi connectivity index (χ2n) is 6.51. The van der Waals surface area contributed by atoms with Gasteiger partial charge in [-0.05, 0) is 43.0 Å². The largest absolute Gasteiger partial charge is 0.312 e. The number of halogens is 1. The van der Waals surface area contributed by atoms with E-state index in [1.807, 2.05) is 0 Å². The number of carbonyl (C=O) groups excluding carboxylic acids is 2. The first-order chi connectivity index (χ1) is 9.90. The summed E-state index contributed by atoms with van der Waals surface area (Å²) in [5.74, 6) is -0.356. The zero-order valence-electron chi connectivity index (χ0n) is 12.3. The van der Waals surface area contributed by atoms with Gasteiger partial charge in [0.25, 0.3) is 11.8 Å². The number of hydrogen-bond acceptors (Lipinski definition) is 3. The van der Waals surface area contributed by atoms with E-state index in [4.69, 9.17) is 0 Å². The second kappa shape index (κ2) is 5.21. The predicted octanol–water partition coefficient (Wildman–Crippen LogP) is 2.82. The quantitative estimate of drug-likeness (QED) is 0.834. The summed E-state index contributed by atoms with van der Waals surface area (Å²) in [4.78, 5) is 26.4. The van der Waals surface area contributed by atoms with Crippen LogP contribution in [0.1, 0.15) is 47.4 Å². The molecular formula is C16H19BrN2O2. The molecule has 2 aliphatic heterocycles. The number of hydrogen-bond donors (Lipinski definition) is 1. The molecule has 1 aromatic rings. The number of piperidine rings is 1. The molecular weight excluding hydrogens is 332 g/mol. The molecule has 1 saturated heterocycles. The van der Waals surface area contributed by atoms with E-state index in [-0.39, 0.29) is 23.3 Å². The fourth-order valence-corrected chi connectivity index (χ4v) is 3.55. The molecule has 1 fully saturated rings. The first-order valence-electron chi connectivity index (χ1n) is 7.29. The Kier molecular flexibility index (Phi) is 3.66. The summed E-state index contributed by atoms with van der Waals surface area (Å²) in [5, 5.41) is 3.46. The van der Waals surface area contributed by atoms with Gasteiger partial charge in [-0.2, -0.15) is 0 Å². The molecule has 112 valence electrons. The summed E-state index contributed by atoms with van der Waals surface area (Å²) < 4.78 is 0.820. The highest BCUT2D eigenvalue weighted by Crippen LogP contribution is 2.33. The number of amides is 2. The first kappa shape index (κ1) is 14.7. The van der Waals surface area contributed by atoms with Crippen LogP contribution in [0.25, 0.3) is 0 Å². The van der Waals surface area contributed by atoms with E-state index in [0.29, 0.717) is 17.7 Å². The number of rotatable bonds is 2. The lowest BCUT2D eigenvalue weighted by atomic mass is 9.77. The maximum atomic E-state index is 12.5. The highest BCUT2D eigenvalue weighted by atomic mass is 79.9. The van der Waals surface area contributed by atoms with Crippen molar-refractivity contribution in [2.24, 2.45) is 5.41 Å². The summed E-state index contributed by atoms with van der Waals surface area (Å²) in [6.07, 6.45) is 2.25. The number of nitrogens with zero attached hydrogens (tertiary/aromatic N) is 1. The van der Waals surface area contributed by atoms with E-state index in [1.54, 1.807) is 18.2 Å². The van der Waals surface area contributed by atoms with Gasteiger partial charge in [-0.3, -0.25) is 14.5 Å². The minimum absolute atomic E-state index is 0.0914. The molecule has 2 aliphatic rings. The van der Waals surface area contributed by atoms with Gasteiger partial charge in [-0.1, -0.05) is 29.8 Å². The number of imide groups is 1. The average molecular weight is 351 g/mol. The average Bonchev–Trinajstić information content (AvgIpc) is 2.65. The molecule has 1 atom stereocenters. The third kappa shape index (κ3) is 2.53. The van der Waals surface area contributed by atoms with Crippen LogP contribution in [-0.4, -0.2) is 35.8 Å². The first-order valence-corrected chi connectivity index (χ1v) is 8.08. The lowest BCUT2D eigenvalue weighted by Crippen LogP contribution is -2.53. The smallest absolute Gasteiger partial charge is 0.261 e. The molecule has 0 aliphatic carbocycles. The molecule has 0 spiro atoms. The molecule has 1 unspecified atom stereocenters. The van der Waals surface area contributed by atoms with Gasteiger partial charge in [-0.25, -0.2) is 0 Å². The van der Waals surface area contributed by atoms with Crippen molar-refractivity contribution in [3.05, 3.63) is 33.8 Å². The van der Waals surface area contributed by atoms with Crippen molar-refractivity contribution in [3.63, 3.8) is 0 Å². The molecule has 1 N–H and O–H groups in total. The molecule has 2 heterocycles. The van der Waals surface area contributed by atoms with Crippen molar-refractivity contribution in [1.82, 2.24) is 10.2 Å². The summed E-state index contributed by atoms with van der Waals surface area (Å²) >= 11 is 3.35. The third-order valence-corrected chi connectivity index (χ3v) is 5.12. The zero-order valence-corrected chi connectivity index (χ0v) is 13.9. The van der Waals surface area contributed by atoms with E-state index in [9.17, 15) is 9.59 Å². The van der Waals surface area contributed by atoms with Crippen LogP contribution in [0.5, 0.6) is 0 Å². The Morgan fingerprint density at radius 1 is 1.29 bits per heavy atom. The van der Waals surface area contributed by atoms with Gasteiger partial charge in [0.15, 0.2) is 0 Å². The van der Waals surface area contributed by atoms with Crippen LogP contribution in [0, 0.1) is 5.41 Å². The Labute approximate surface area is 133 Å². The highest BCUT2D eigenvalue weighted by Gasteiger charge is 2.40. The topological polar surface area (TPSA) is 49.4 Å². The van der Waals surface area contributed by atoms with Crippen LogP contribution >= 0.6 is 15.9 Å². The number of carbonyl (C=O) groups is 2. The fraction of sp³-hybridized carbons (Fsp3) is 0.500. The Morgan fingerprint density at radius 2 is 2.00 bits per heavy atom. The Balaban J connectivity index is 1.85. The molecule has 5 heteroatoms. The van der Waals surface area contributed by atoms with Crippen LogP contribution in [0.15, 0.2) is 22.7 Å². The zero-order chi connectivity index (χ0) is 15.2. The van der Waals surface area contributed by atoms with Gasteiger partial charge in [0.1, 0.15) is 0 Å². The number of nitrogens with one attached hydrogen (secondary N) is 1. The maximum Gasteiger partial charge on any atom is 0.261 e. The fourth-order valence-electron chi connectivity index (χ4n) is 3.19. The van der Waals surface area contributed by atoms with Crippen LogP contribution < -0.4 is 5.32 Å². The van der Waals surface area contributed by atoms with E-state index in [0.717, 1.165) is 23.9 Å². The van der Waals surface area contributed by atoms with Crippen molar-refractivity contribution in [2.45, 2.75) is 32.7 Å².